The zero-order valence-corrected chi connectivity index (χ0v) is 10.8. The molecule has 2 aromatic carbocycles. The number of hydrogen-bond acceptors (Lipinski definition) is 2. The minimum atomic E-state index is -0.332. The molecule has 0 spiro atoms. The van der Waals surface area contributed by atoms with Crippen LogP contribution in [0.3, 0.4) is 0 Å². The van der Waals surface area contributed by atoms with Gasteiger partial charge in [-0.05, 0) is 18.2 Å². The molecule has 0 bridgehead atoms. The summed E-state index contributed by atoms with van der Waals surface area (Å²) < 4.78 is 2.03. The van der Waals surface area contributed by atoms with Crippen molar-refractivity contribution in [1.29, 1.82) is 0 Å². The number of nitro benzene ring substituents is 1. The quantitative estimate of drug-likeness (QED) is 0.415. The van der Waals surface area contributed by atoms with Crippen molar-refractivity contribution >= 4 is 16.6 Å². The molecule has 0 unspecified atom stereocenters. The third-order valence-corrected chi connectivity index (χ3v) is 3.32. The van der Waals surface area contributed by atoms with E-state index in [2.05, 4.69) is 0 Å². The van der Waals surface area contributed by atoms with Crippen molar-refractivity contribution in [2.45, 2.75) is 6.54 Å². The number of nitro groups is 1. The Balaban J connectivity index is 2.08. The fourth-order valence-corrected chi connectivity index (χ4v) is 2.36. The second-order valence-corrected chi connectivity index (χ2v) is 4.58. The van der Waals surface area contributed by atoms with Crippen molar-refractivity contribution in [1.82, 2.24) is 0 Å². The van der Waals surface area contributed by atoms with Gasteiger partial charge in [0.2, 0.25) is 5.52 Å². The van der Waals surface area contributed by atoms with Crippen molar-refractivity contribution in [2.24, 2.45) is 0 Å². The van der Waals surface area contributed by atoms with Gasteiger partial charge in [-0.3, -0.25) is 10.1 Å². The molecule has 1 heterocycles. The average molecular weight is 265 g/mol. The molecule has 1 aromatic heterocycles. The maximum Gasteiger partial charge on any atom is 0.278 e. The highest BCUT2D eigenvalue weighted by Gasteiger charge is 2.17. The summed E-state index contributed by atoms with van der Waals surface area (Å²) in [4.78, 5) is 10.7. The van der Waals surface area contributed by atoms with E-state index in [-0.39, 0.29) is 10.6 Å². The van der Waals surface area contributed by atoms with Crippen LogP contribution in [0.1, 0.15) is 5.56 Å². The number of para-hydroxylation sites is 2. The van der Waals surface area contributed by atoms with Crippen LogP contribution in [-0.2, 0) is 6.54 Å². The first-order chi connectivity index (χ1) is 9.75. The largest absolute Gasteiger partial charge is 0.278 e. The van der Waals surface area contributed by atoms with E-state index in [4.69, 9.17) is 0 Å². The highest BCUT2D eigenvalue weighted by Crippen LogP contribution is 2.18. The van der Waals surface area contributed by atoms with Crippen LogP contribution < -0.4 is 4.57 Å². The average Bonchev–Trinajstić information content (AvgIpc) is 2.48. The maximum atomic E-state index is 11.1. The van der Waals surface area contributed by atoms with E-state index < -0.39 is 0 Å². The van der Waals surface area contributed by atoms with Crippen LogP contribution in [0.25, 0.3) is 10.9 Å². The lowest BCUT2D eigenvalue weighted by Gasteiger charge is -2.02. The van der Waals surface area contributed by atoms with Gasteiger partial charge in [-0.2, -0.15) is 4.57 Å². The Bertz CT molecular complexity index is 779. The Kier molecular flexibility index (Phi) is 3.13. The van der Waals surface area contributed by atoms with Gasteiger partial charge in [-0.15, -0.1) is 0 Å². The van der Waals surface area contributed by atoms with E-state index in [0.29, 0.717) is 12.1 Å². The Morgan fingerprint density at radius 1 is 0.950 bits per heavy atom. The molecule has 0 atom stereocenters. The van der Waals surface area contributed by atoms with Crippen LogP contribution in [-0.4, -0.2) is 4.92 Å². The maximum absolute atomic E-state index is 11.1. The smallest absolute Gasteiger partial charge is 0.258 e. The van der Waals surface area contributed by atoms with Gasteiger partial charge in [0.25, 0.3) is 5.69 Å². The van der Waals surface area contributed by atoms with Gasteiger partial charge in [-0.1, -0.05) is 24.3 Å². The summed E-state index contributed by atoms with van der Waals surface area (Å²) in [6, 6.07) is 18.9. The number of aromatic nitrogens is 1. The number of hydrogen-bond donors (Lipinski definition) is 0. The summed E-state index contributed by atoms with van der Waals surface area (Å²) in [5.41, 5.74) is 1.93. The Morgan fingerprint density at radius 2 is 1.65 bits per heavy atom. The first-order valence-corrected chi connectivity index (χ1v) is 6.35. The van der Waals surface area contributed by atoms with Gasteiger partial charge in [-0.25, -0.2) is 0 Å². The second kappa shape index (κ2) is 5.09. The Hall–Kier alpha value is -2.75. The third-order valence-electron chi connectivity index (χ3n) is 3.32. The number of fused-ring (bicyclic) bond motifs is 1. The second-order valence-electron chi connectivity index (χ2n) is 4.58. The molecule has 4 heteroatoms. The molecule has 4 nitrogen and oxygen atoms in total. The molecule has 98 valence electrons. The normalized spacial score (nSPS) is 10.6. The van der Waals surface area contributed by atoms with Crippen LogP contribution in [0.15, 0.2) is 66.9 Å². The summed E-state index contributed by atoms with van der Waals surface area (Å²) in [6.45, 7) is 0.485. The van der Waals surface area contributed by atoms with Crippen LogP contribution in [0.5, 0.6) is 0 Å². The number of pyridine rings is 1. The SMILES string of the molecule is O=[N+]([O-])c1ccccc1C[n+]1cccc2ccccc21. The predicted octanol–water partition coefficient (Wildman–Crippen LogP) is 3.08. The highest BCUT2D eigenvalue weighted by molar-refractivity contribution is 5.74. The lowest BCUT2D eigenvalue weighted by molar-refractivity contribution is -0.662. The fourth-order valence-electron chi connectivity index (χ4n) is 2.36. The van der Waals surface area contributed by atoms with E-state index in [1.165, 1.54) is 0 Å². The molecule has 3 aromatic rings. The molecule has 0 amide bonds. The van der Waals surface area contributed by atoms with E-state index in [1.807, 2.05) is 53.2 Å². The molecule has 0 radical (unpaired) electrons. The number of nitrogens with zero attached hydrogens (tertiary/aromatic N) is 2. The van der Waals surface area contributed by atoms with Crippen LogP contribution in [0, 0.1) is 10.1 Å². The topological polar surface area (TPSA) is 47.0 Å². The third kappa shape index (κ3) is 2.23. The van der Waals surface area contributed by atoms with Gasteiger partial charge < -0.3 is 0 Å². The van der Waals surface area contributed by atoms with Gasteiger partial charge >= 0.3 is 0 Å². The zero-order chi connectivity index (χ0) is 13.9. The minimum absolute atomic E-state index is 0.160. The van der Waals surface area contributed by atoms with Crippen molar-refractivity contribution in [3.05, 3.63) is 82.5 Å². The number of rotatable bonds is 3. The first kappa shape index (κ1) is 12.3. The van der Waals surface area contributed by atoms with Gasteiger partial charge in [0, 0.05) is 23.6 Å². The van der Waals surface area contributed by atoms with Crippen LogP contribution in [0.4, 0.5) is 5.69 Å². The zero-order valence-electron chi connectivity index (χ0n) is 10.8. The molecule has 20 heavy (non-hydrogen) atoms. The van der Waals surface area contributed by atoms with E-state index in [0.717, 1.165) is 10.9 Å². The van der Waals surface area contributed by atoms with E-state index in [1.54, 1.807) is 18.2 Å². The summed E-state index contributed by atoms with van der Waals surface area (Å²) in [7, 11) is 0. The first-order valence-electron chi connectivity index (χ1n) is 6.35. The fraction of sp³-hybridized carbons (Fsp3) is 0.0625. The highest BCUT2D eigenvalue weighted by atomic mass is 16.6. The Morgan fingerprint density at radius 3 is 2.50 bits per heavy atom. The van der Waals surface area contributed by atoms with Crippen molar-refractivity contribution in [3.63, 3.8) is 0 Å². The van der Waals surface area contributed by atoms with Gasteiger partial charge in [0.15, 0.2) is 12.7 Å². The van der Waals surface area contributed by atoms with Gasteiger partial charge in [0.05, 0.1) is 10.5 Å². The molecule has 0 aliphatic rings. The Labute approximate surface area is 116 Å². The minimum Gasteiger partial charge on any atom is -0.258 e. The summed E-state index contributed by atoms with van der Waals surface area (Å²) in [6.07, 6.45) is 1.94. The monoisotopic (exact) mass is 265 g/mol. The predicted molar refractivity (Wildman–Crippen MR) is 76.3 cm³/mol. The van der Waals surface area contributed by atoms with E-state index in [9.17, 15) is 10.1 Å². The molecule has 0 aliphatic heterocycles. The molecule has 0 saturated heterocycles. The van der Waals surface area contributed by atoms with Crippen molar-refractivity contribution in [2.75, 3.05) is 0 Å². The molecular formula is C16H13N2O2+. The van der Waals surface area contributed by atoms with Crippen LogP contribution >= 0.6 is 0 Å². The lowest BCUT2D eigenvalue weighted by Crippen LogP contribution is -2.34. The van der Waals surface area contributed by atoms with Crippen LogP contribution in [0.2, 0.25) is 0 Å². The summed E-state index contributed by atoms with van der Waals surface area (Å²) in [5.74, 6) is 0. The lowest BCUT2D eigenvalue weighted by atomic mass is 10.1. The summed E-state index contributed by atoms with van der Waals surface area (Å²) in [5, 5.41) is 12.2. The molecule has 0 saturated carbocycles. The molecule has 0 aliphatic carbocycles. The molecule has 0 N–H and O–H groups in total. The van der Waals surface area contributed by atoms with Crippen molar-refractivity contribution < 1.29 is 9.49 Å². The summed E-state index contributed by atoms with van der Waals surface area (Å²) >= 11 is 0. The number of benzene rings is 2. The van der Waals surface area contributed by atoms with E-state index >= 15 is 0 Å². The molecule has 3 rings (SSSR count). The van der Waals surface area contributed by atoms with Crippen molar-refractivity contribution in [3.8, 4) is 0 Å². The standard InChI is InChI=1S/C16H13N2O2/c19-18(20)16-10-4-2-7-14(16)12-17-11-5-8-13-6-1-3-9-15(13)17/h1-11H,12H2/q+1. The molecular weight excluding hydrogens is 252 g/mol. The van der Waals surface area contributed by atoms with Gasteiger partial charge in [0.1, 0.15) is 0 Å². The molecule has 0 fully saturated rings.